The van der Waals surface area contributed by atoms with E-state index in [1.54, 1.807) is 19.9 Å². The molecule has 0 aromatic rings. The normalized spacial score (nSPS) is 34.9. The van der Waals surface area contributed by atoms with Crippen LogP contribution in [0.3, 0.4) is 0 Å². The fraction of sp³-hybridized carbons (Fsp3) is 0.700. The lowest BCUT2D eigenvalue weighted by Crippen LogP contribution is -2.53. The number of carbonyl (C=O) groups is 2. The van der Waals surface area contributed by atoms with Crippen LogP contribution in [0.15, 0.2) is 23.8 Å². The largest absolute Gasteiger partial charge is 0.463 e. The highest BCUT2D eigenvalue weighted by Gasteiger charge is 2.62. The second kappa shape index (κ2) is 8.53. The van der Waals surface area contributed by atoms with Gasteiger partial charge in [0.15, 0.2) is 18.2 Å². The maximum absolute atomic E-state index is 12.1. The Morgan fingerprint density at radius 3 is 2.55 bits per heavy atom. The van der Waals surface area contributed by atoms with Crippen molar-refractivity contribution in [2.24, 2.45) is 5.92 Å². The molecular weight excluding hydrogens is 384 g/mol. The smallest absolute Gasteiger partial charge is 0.333 e. The van der Waals surface area contributed by atoms with Crippen LogP contribution in [-0.4, -0.2) is 69.9 Å². The topological polar surface area (TPSA) is 98.8 Å². The van der Waals surface area contributed by atoms with E-state index in [2.05, 4.69) is 6.58 Å². The standard InChI is InChI=1S/C20H28O9/c1-6-25-17(22)12(2)10-19(23-4)11-13(3)20(24-5,29-19)16-14(9-15(21)28-16)18-26-7-8-27-18/h11,14,16,18H,2,6-10H2,1,3-5H3/t14-,16?,19?,20?/m0/s1. The molecule has 3 unspecified atom stereocenters. The maximum Gasteiger partial charge on any atom is 0.333 e. The zero-order valence-electron chi connectivity index (χ0n) is 17.2. The van der Waals surface area contributed by atoms with Gasteiger partial charge in [0.2, 0.25) is 5.79 Å². The molecule has 0 spiro atoms. The molecule has 9 heteroatoms. The molecule has 3 aliphatic rings. The van der Waals surface area contributed by atoms with Crippen LogP contribution in [0.1, 0.15) is 26.7 Å². The van der Waals surface area contributed by atoms with Crippen LogP contribution in [0.4, 0.5) is 0 Å². The van der Waals surface area contributed by atoms with Crippen molar-refractivity contribution in [3.05, 3.63) is 23.8 Å². The molecule has 0 radical (unpaired) electrons. The fourth-order valence-electron chi connectivity index (χ4n) is 4.06. The van der Waals surface area contributed by atoms with Crippen LogP contribution in [0.5, 0.6) is 0 Å². The first-order valence-electron chi connectivity index (χ1n) is 9.58. The Morgan fingerprint density at radius 2 is 1.97 bits per heavy atom. The van der Waals surface area contributed by atoms with Crippen LogP contribution < -0.4 is 0 Å². The summed E-state index contributed by atoms with van der Waals surface area (Å²) < 4.78 is 39.5. The molecule has 2 fully saturated rings. The third-order valence-electron chi connectivity index (χ3n) is 5.40. The monoisotopic (exact) mass is 412 g/mol. The SMILES string of the molecule is C=C(CC1(OC)C=C(C)C(OC)(C2OC(=O)C[C@@H]2C2OCCO2)O1)C(=O)OCC. The van der Waals surface area contributed by atoms with E-state index in [-0.39, 0.29) is 25.0 Å². The average Bonchev–Trinajstić information content (AvgIpc) is 3.40. The third kappa shape index (κ3) is 3.97. The second-order valence-corrected chi connectivity index (χ2v) is 7.21. The average molecular weight is 412 g/mol. The minimum atomic E-state index is -1.42. The van der Waals surface area contributed by atoms with Gasteiger partial charge in [0.1, 0.15) is 0 Å². The number of ether oxygens (including phenoxy) is 7. The molecule has 4 atom stereocenters. The van der Waals surface area contributed by atoms with Crippen molar-refractivity contribution < 1.29 is 42.7 Å². The molecule has 2 saturated heterocycles. The van der Waals surface area contributed by atoms with Gasteiger partial charge in [0.25, 0.3) is 0 Å². The number of esters is 2. The van der Waals surface area contributed by atoms with Gasteiger partial charge in [-0.3, -0.25) is 4.79 Å². The molecule has 0 amide bonds. The second-order valence-electron chi connectivity index (χ2n) is 7.21. The van der Waals surface area contributed by atoms with Crippen LogP contribution in [-0.2, 0) is 42.7 Å². The minimum absolute atomic E-state index is 0.0204. The lowest BCUT2D eigenvalue weighted by atomic mass is 9.90. The first-order chi connectivity index (χ1) is 13.8. The number of methoxy groups -OCH3 is 2. The number of rotatable bonds is 8. The van der Waals surface area contributed by atoms with Crippen molar-refractivity contribution >= 4 is 11.9 Å². The van der Waals surface area contributed by atoms with E-state index in [1.165, 1.54) is 14.2 Å². The van der Waals surface area contributed by atoms with Gasteiger partial charge in [-0.15, -0.1) is 0 Å². The minimum Gasteiger partial charge on any atom is -0.463 e. The summed E-state index contributed by atoms with van der Waals surface area (Å²) in [7, 11) is 2.91. The summed E-state index contributed by atoms with van der Waals surface area (Å²) in [5.74, 6) is -4.10. The maximum atomic E-state index is 12.1. The van der Waals surface area contributed by atoms with Crippen LogP contribution in [0.2, 0.25) is 0 Å². The van der Waals surface area contributed by atoms with Gasteiger partial charge in [0, 0.05) is 26.2 Å². The van der Waals surface area contributed by atoms with Gasteiger partial charge in [-0.05, 0) is 25.5 Å². The third-order valence-corrected chi connectivity index (χ3v) is 5.40. The molecule has 3 rings (SSSR count). The Morgan fingerprint density at radius 1 is 1.28 bits per heavy atom. The summed E-state index contributed by atoms with van der Waals surface area (Å²) in [6, 6.07) is 0. The summed E-state index contributed by atoms with van der Waals surface area (Å²) in [6.07, 6.45) is 0.439. The Bertz CT molecular complexity index is 696. The van der Waals surface area contributed by atoms with Gasteiger partial charge >= 0.3 is 11.9 Å². The van der Waals surface area contributed by atoms with Crippen molar-refractivity contribution in [1.82, 2.24) is 0 Å². The lowest BCUT2D eigenvalue weighted by molar-refractivity contribution is -0.331. The van der Waals surface area contributed by atoms with Gasteiger partial charge in [0.05, 0.1) is 32.2 Å². The zero-order valence-corrected chi connectivity index (χ0v) is 17.2. The van der Waals surface area contributed by atoms with Gasteiger partial charge in [-0.25, -0.2) is 4.79 Å². The number of carbonyl (C=O) groups excluding carboxylic acids is 2. The molecule has 0 bridgehead atoms. The molecule has 162 valence electrons. The molecule has 29 heavy (non-hydrogen) atoms. The van der Waals surface area contributed by atoms with Crippen molar-refractivity contribution in [3.63, 3.8) is 0 Å². The summed E-state index contributed by atoms with van der Waals surface area (Å²) in [4.78, 5) is 24.2. The van der Waals surface area contributed by atoms with Crippen LogP contribution in [0.25, 0.3) is 0 Å². The number of hydrogen-bond acceptors (Lipinski definition) is 9. The first-order valence-corrected chi connectivity index (χ1v) is 9.58. The fourth-order valence-corrected chi connectivity index (χ4v) is 4.06. The van der Waals surface area contributed by atoms with Gasteiger partial charge < -0.3 is 33.2 Å². The Labute approximate surface area is 169 Å². The van der Waals surface area contributed by atoms with E-state index < -0.39 is 41.8 Å². The first kappa shape index (κ1) is 21.9. The molecule has 3 aliphatic heterocycles. The molecule has 0 aromatic heterocycles. The van der Waals surface area contributed by atoms with Crippen molar-refractivity contribution in [2.45, 2.75) is 50.7 Å². The Balaban J connectivity index is 1.87. The summed E-state index contributed by atoms with van der Waals surface area (Å²) in [5.41, 5.74) is 0.827. The summed E-state index contributed by atoms with van der Waals surface area (Å²) in [5, 5.41) is 0. The van der Waals surface area contributed by atoms with Gasteiger partial charge in [-0.2, -0.15) is 0 Å². The van der Waals surface area contributed by atoms with Crippen LogP contribution >= 0.6 is 0 Å². The highest BCUT2D eigenvalue weighted by molar-refractivity contribution is 5.87. The molecule has 9 nitrogen and oxygen atoms in total. The predicted molar refractivity (Wildman–Crippen MR) is 98.4 cm³/mol. The highest BCUT2D eigenvalue weighted by Crippen LogP contribution is 2.49. The van der Waals surface area contributed by atoms with E-state index in [9.17, 15) is 9.59 Å². The quantitative estimate of drug-likeness (QED) is 0.333. The van der Waals surface area contributed by atoms with Gasteiger partial charge in [-0.1, -0.05) is 6.58 Å². The molecule has 0 aromatic carbocycles. The molecular formula is C20H28O9. The zero-order chi connectivity index (χ0) is 21.2. The summed E-state index contributed by atoms with van der Waals surface area (Å²) in [6.45, 7) is 8.41. The van der Waals surface area contributed by atoms with Crippen LogP contribution in [0, 0.1) is 5.92 Å². The van der Waals surface area contributed by atoms with Crippen molar-refractivity contribution in [3.8, 4) is 0 Å². The molecule has 0 N–H and O–H groups in total. The number of hydrogen-bond donors (Lipinski definition) is 0. The molecule has 0 saturated carbocycles. The van der Waals surface area contributed by atoms with E-state index in [0.717, 1.165) is 0 Å². The Kier molecular flexibility index (Phi) is 6.45. The van der Waals surface area contributed by atoms with E-state index >= 15 is 0 Å². The molecule has 0 aliphatic carbocycles. The lowest BCUT2D eigenvalue weighted by Gasteiger charge is -2.40. The van der Waals surface area contributed by atoms with E-state index in [1.807, 2.05) is 0 Å². The Hall–Kier alpha value is -1.78. The van der Waals surface area contributed by atoms with E-state index in [4.69, 9.17) is 33.2 Å². The molecule has 3 heterocycles. The number of cyclic esters (lactones) is 1. The predicted octanol–water partition coefficient (Wildman–Crippen LogP) is 1.46. The van der Waals surface area contributed by atoms with E-state index in [0.29, 0.717) is 18.8 Å². The highest BCUT2D eigenvalue weighted by atomic mass is 16.8. The van der Waals surface area contributed by atoms with Crippen molar-refractivity contribution in [2.75, 3.05) is 34.0 Å². The summed E-state index contributed by atoms with van der Waals surface area (Å²) >= 11 is 0. The van der Waals surface area contributed by atoms with Crippen molar-refractivity contribution in [1.29, 1.82) is 0 Å².